The third-order valence-electron chi connectivity index (χ3n) is 12.6. The SMILES string of the molecule is CC(C)(C)[C@H](c1nc(-c2cc(F)ccc2F)nn1Cc1ccccc1)N(CC[C@@H](N)CF)C(=O)COc1cccc(Cn2nc(-c3cc(F)ccc3F)nc2[C@H](N(CC[C@@H](N)CF)C(=O)c2cccnc2)C(C)(C)C)c1. The predicted molar refractivity (Wildman–Crippen MR) is 276 cm³/mol. The molecule has 14 nitrogen and oxygen atoms in total. The largest absolute Gasteiger partial charge is 0.484 e. The number of amides is 2. The number of benzene rings is 4. The molecule has 0 saturated heterocycles. The summed E-state index contributed by atoms with van der Waals surface area (Å²) < 4.78 is 97.3. The van der Waals surface area contributed by atoms with Crippen LogP contribution in [-0.4, -0.2) is 101 Å². The molecule has 0 spiro atoms. The van der Waals surface area contributed by atoms with Crippen LogP contribution in [0.1, 0.15) is 99.6 Å². The molecule has 4 N–H and O–H groups in total. The number of carbonyl (C=O) groups is 2. The fourth-order valence-electron chi connectivity index (χ4n) is 8.96. The van der Waals surface area contributed by atoms with Crippen molar-refractivity contribution < 1.29 is 40.7 Å². The molecule has 76 heavy (non-hydrogen) atoms. The molecule has 0 fully saturated rings. The highest BCUT2D eigenvalue weighted by atomic mass is 19.1. The lowest BCUT2D eigenvalue weighted by molar-refractivity contribution is -0.139. The van der Waals surface area contributed by atoms with E-state index in [1.54, 1.807) is 41.1 Å². The molecule has 3 heterocycles. The number of aromatic nitrogens is 7. The van der Waals surface area contributed by atoms with Crippen molar-refractivity contribution in [2.75, 3.05) is 33.0 Å². The van der Waals surface area contributed by atoms with Gasteiger partial charge in [0.25, 0.3) is 11.8 Å². The van der Waals surface area contributed by atoms with Gasteiger partial charge in [0.15, 0.2) is 29.9 Å². The van der Waals surface area contributed by atoms with Gasteiger partial charge < -0.3 is 26.0 Å². The van der Waals surface area contributed by atoms with Gasteiger partial charge in [-0.1, -0.05) is 84.0 Å². The zero-order valence-electron chi connectivity index (χ0n) is 43.3. The van der Waals surface area contributed by atoms with E-state index in [2.05, 4.69) is 10.1 Å². The molecule has 0 bridgehead atoms. The minimum atomic E-state index is -0.920. The van der Waals surface area contributed by atoms with Crippen LogP contribution in [-0.2, 0) is 17.9 Å². The molecular weight excluding hydrogens is 989 g/mol. The van der Waals surface area contributed by atoms with Gasteiger partial charge in [-0.3, -0.25) is 14.6 Å². The van der Waals surface area contributed by atoms with E-state index in [0.717, 1.165) is 42.0 Å². The molecule has 7 rings (SSSR count). The fourth-order valence-corrected chi connectivity index (χ4v) is 8.96. The Labute approximate surface area is 438 Å². The van der Waals surface area contributed by atoms with E-state index in [0.29, 0.717) is 5.56 Å². The predicted octanol–water partition coefficient (Wildman–Crippen LogP) is 9.85. The lowest BCUT2D eigenvalue weighted by Gasteiger charge is -2.40. The molecular formula is C56H63F6N11O3. The van der Waals surface area contributed by atoms with Crippen molar-refractivity contribution in [3.8, 4) is 28.5 Å². The van der Waals surface area contributed by atoms with E-state index in [4.69, 9.17) is 31.3 Å². The second kappa shape index (κ2) is 24.5. The van der Waals surface area contributed by atoms with Crippen LogP contribution in [0, 0.1) is 34.1 Å². The smallest absolute Gasteiger partial charge is 0.261 e. The Morgan fingerprint density at radius 2 is 1.14 bits per heavy atom. The third-order valence-corrected chi connectivity index (χ3v) is 12.6. The van der Waals surface area contributed by atoms with Crippen molar-refractivity contribution in [2.24, 2.45) is 22.3 Å². The van der Waals surface area contributed by atoms with E-state index in [1.807, 2.05) is 71.9 Å². The number of carbonyl (C=O) groups excluding carboxylic acids is 2. The quantitative estimate of drug-likeness (QED) is 0.0622. The number of alkyl halides is 2. The van der Waals surface area contributed by atoms with Gasteiger partial charge in [-0.05, 0) is 95.5 Å². The first-order valence-corrected chi connectivity index (χ1v) is 24.8. The molecule has 0 saturated carbocycles. The second-order valence-corrected chi connectivity index (χ2v) is 20.8. The van der Waals surface area contributed by atoms with E-state index in [-0.39, 0.29) is 84.8 Å². The van der Waals surface area contributed by atoms with Crippen LogP contribution in [0.3, 0.4) is 0 Å². The maximum Gasteiger partial charge on any atom is 0.261 e. The summed E-state index contributed by atoms with van der Waals surface area (Å²) in [5, 5.41) is 9.38. The van der Waals surface area contributed by atoms with Crippen LogP contribution in [0.25, 0.3) is 22.8 Å². The normalized spacial score (nSPS) is 13.5. The van der Waals surface area contributed by atoms with Crippen LogP contribution in [0.4, 0.5) is 26.3 Å². The first kappa shape index (κ1) is 56.3. The van der Waals surface area contributed by atoms with Crippen molar-refractivity contribution in [2.45, 2.75) is 91.6 Å². The maximum absolute atomic E-state index is 15.5. The summed E-state index contributed by atoms with van der Waals surface area (Å²) in [7, 11) is 0. The molecule has 20 heteroatoms. The Morgan fingerprint density at radius 3 is 1.66 bits per heavy atom. The average Bonchev–Trinajstić information content (AvgIpc) is 4.00. The Kier molecular flexibility index (Phi) is 18.1. The van der Waals surface area contributed by atoms with Crippen molar-refractivity contribution in [3.05, 3.63) is 167 Å². The molecule has 7 aromatic rings. The van der Waals surface area contributed by atoms with E-state index >= 15 is 8.78 Å². The van der Waals surface area contributed by atoms with E-state index < -0.39 is 90.0 Å². The van der Waals surface area contributed by atoms with E-state index in [9.17, 15) is 27.2 Å². The van der Waals surface area contributed by atoms with Crippen LogP contribution in [0.15, 0.2) is 116 Å². The van der Waals surface area contributed by atoms with Gasteiger partial charge in [0.2, 0.25) is 0 Å². The van der Waals surface area contributed by atoms with Gasteiger partial charge >= 0.3 is 0 Å². The molecule has 2 amide bonds. The monoisotopic (exact) mass is 1050 g/mol. The summed E-state index contributed by atoms with van der Waals surface area (Å²) in [6, 6.07) is 21.5. The standard InChI is InChI=1S/C56H63F6N11O3/c1-55(2,3)48(52-66-50(43-27-38(59)17-19-45(43)61)68-72(52)32-35-12-8-7-9-13-35)70(24-21-40(63)29-57)47(74)34-76-42-16-10-14-36(26-42)33-73-53(67-51(69-73)44-28-39(60)18-20-46(44)62)49(56(4,5)6)71(25-22-41(64)30-58)54(75)37-15-11-23-65-31-37/h7-20,23,26-28,31,40-41,48-49H,21-22,24-25,29-30,32-34,63-64H2,1-6H3/t40-,41-,48+,49+/m1/s1. The van der Waals surface area contributed by atoms with Gasteiger partial charge in [0, 0.05) is 37.6 Å². The van der Waals surface area contributed by atoms with Crippen LogP contribution < -0.4 is 16.2 Å². The molecule has 4 atom stereocenters. The molecule has 0 radical (unpaired) electrons. The first-order chi connectivity index (χ1) is 36.1. The first-order valence-electron chi connectivity index (χ1n) is 24.8. The highest BCUT2D eigenvalue weighted by molar-refractivity contribution is 5.94. The molecule has 3 aromatic heterocycles. The number of ether oxygens (including phenoxy) is 1. The van der Waals surface area contributed by atoms with Crippen LogP contribution >= 0.6 is 0 Å². The second-order valence-electron chi connectivity index (χ2n) is 20.8. The summed E-state index contributed by atoms with van der Waals surface area (Å²) in [5.74, 6) is -3.56. The van der Waals surface area contributed by atoms with Crippen LogP contribution in [0.2, 0.25) is 0 Å². The third kappa shape index (κ3) is 13.9. The van der Waals surface area contributed by atoms with Crippen molar-refractivity contribution >= 4 is 11.8 Å². The molecule has 0 aliphatic rings. The Hall–Kier alpha value is -7.45. The van der Waals surface area contributed by atoms with Crippen molar-refractivity contribution in [1.82, 2.24) is 44.3 Å². The Bertz CT molecular complexity index is 3070. The van der Waals surface area contributed by atoms with E-state index in [1.165, 1.54) is 26.9 Å². The minimum absolute atomic E-state index is 0.0143. The number of hydrogen-bond donors (Lipinski definition) is 2. The Balaban J connectivity index is 1.25. The lowest BCUT2D eigenvalue weighted by atomic mass is 9.84. The van der Waals surface area contributed by atoms with Crippen molar-refractivity contribution in [1.29, 1.82) is 0 Å². The number of nitrogens with zero attached hydrogens (tertiary/aromatic N) is 9. The summed E-state index contributed by atoms with van der Waals surface area (Å²) in [4.78, 5) is 46.0. The molecule has 0 unspecified atom stereocenters. The topological polar surface area (TPSA) is 176 Å². The van der Waals surface area contributed by atoms with Crippen LogP contribution in [0.5, 0.6) is 5.75 Å². The van der Waals surface area contributed by atoms with Gasteiger partial charge in [0.1, 0.15) is 42.4 Å². The highest BCUT2D eigenvalue weighted by Crippen LogP contribution is 2.41. The number of nitrogens with two attached hydrogens (primary N) is 2. The summed E-state index contributed by atoms with van der Waals surface area (Å²) in [6.07, 6.45) is 3.06. The molecule has 0 aliphatic heterocycles. The number of pyridine rings is 1. The number of rotatable bonds is 22. The average molecular weight is 1050 g/mol. The molecule has 402 valence electrons. The highest BCUT2D eigenvalue weighted by Gasteiger charge is 2.41. The zero-order chi connectivity index (χ0) is 54.9. The summed E-state index contributed by atoms with van der Waals surface area (Å²) in [6.45, 7) is 9.07. The van der Waals surface area contributed by atoms with Gasteiger partial charge in [-0.15, -0.1) is 0 Å². The number of hydrogen-bond acceptors (Lipinski definition) is 10. The maximum atomic E-state index is 15.5. The van der Waals surface area contributed by atoms with Crippen molar-refractivity contribution in [3.63, 3.8) is 0 Å². The minimum Gasteiger partial charge on any atom is -0.484 e. The van der Waals surface area contributed by atoms with Gasteiger partial charge in [0.05, 0.1) is 41.9 Å². The fraction of sp³-hybridized carbons (Fsp3) is 0.375. The zero-order valence-corrected chi connectivity index (χ0v) is 43.3. The Morgan fingerprint density at radius 1 is 0.632 bits per heavy atom. The van der Waals surface area contributed by atoms with Gasteiger partial charge in [-0.2, -0.15) is 10.2 Å². The molecule has 4 aromatic carbocycles. The van der Waals surface area contributed by atoms with Gasteiger partial charge in [-0.25, -0.2) is 45.7 Å². The lowest BCUT2D eigenvalue weighted by Crippen LogP contribution is -2.46. The summed E-state index contributed by atoms with van der Waals surface area (Å²) >= 11 is 0. The number of halogens is 6. The molecule has 0 aliphatic carbocycles. The summed E-state index contributed by atoms with van der Waals surface area (Å²) in [5.41, 5.74) is 11.7.